The molecule has 0 unspecified atom stereocenters. The van der Waals surface area contributed by atoms with E-state index in [0.717, 1.165) is 12.8 Å². The van der Waals surface area contributed by atoms with Crippen LogP contribution >= 0.6 is 0 Å². The molecule has 0 heterocycles. The third-order valence-electron chi connectivity index (χ3n) is 0.998. The molecule has 69 valence electrons. The zero-order chi connectivity index (χ0) is 9.11. The predicted molar refractivity (Wildman–Crippen MR) is 54.4 cm³/mol. The summed E-state index contributed by atoms with van der Waals surface area (Å²) in [5.41, 5.74) is 0. The van der Waals surface area contributed by atoms with E-state index in [0.29, 0.717) is 0 Å². The van der Waals surface area contributed by atoms with Gasteiger partial charge in [-0.05, 0) is 6.42 Å². The molecule has 0 saturated carbocycles. The van der Waals surface area contributed by atoms with Crippen molar-refractivity contribution in [2.24, 2.45) is 0 Å². The van der Waals surface area contributed by atoms with E-state index in [1.165, 1.54) is 12.8 Å². The Hall–Kier alpha value is 0.177. The minimum absolute atomic E-state index is 0.111. The molecule has 0 spiro atoms. The van der Waals surface area contributed by atoms with Crippen molar-refractivity contribution in [3.8, 4) is 0 Å². The second-order valence-corrected chi connectivity index (χ2v) is 6.96. The van der Waals surface area contributed by atoms with Gasteiger partial charge in [-0.1, -0.05) is 45.8 Å². The molecule has 0 aromatic carbocycles. The second-order valence-electron chi connectivity index (χ2n) is 3.50. The molecule has 0 aromatic heterocycles. The lowest BCUT2D eigenvalue weighted by Gasteiger charge is -1.89. The Morgan fingerprint density at radius 1 is 1.00 bits per heavy atom. The maximum atomic E-state index is 9.80. The first-order chi connectivity index (χ1) is 5.15. The van der Waals surface area contributed by atoms with Crippen LogP contribution in [0.5, 0.6) is 0 Å². The maximum Gasteiger partial charge on any atom is 0.0822 e. The monoisotopic (exact) mass is 175 g/mol. The lowest BCUT2D eigenvalue weighted by molar-refractivity contribution is 0.186. The molecule has 1 radical (unpaired) electrons. The zero-order valence-electron chi connectivity index (χ0n) is 8.52. The average Bonchev–Trinajstić information content (AvgIpc) is 1.88. The van der Waals surface area contributed by atoms with Crippen LogP contribution in [-0.2, 0) is 5.11 Å². The molecule has 1 nitrogen and oxygen atoms in total. The SMILES string of the molecule is CCCCCC[O].C[SiH](C)C. The summed E-state index contributed by atoms with van der Waals surface area (Å²) in [6, 6.07) is 0. The summed E-state index contributed by atoms with van der Waals surface area (Å²) in [7, 11) is -0.139. The van der Waals surface area contributed by atoms with E-state index in [1.807, 2.05) is 0 Å². The van der Waals surface area contributed by atoms with Crippen LogP contribution in [0.3, 0.4) is 0 Å². The van der Waals surface area contributed by atoms with Crippen molar-refractivity contribution < 1.29 is 5.11 Å². The average molecular weight is 175 g/mol. The summed E-state index contributed by atoms with van der Waals surface area (Å²) in [4.78, 5) is 0. The third-order valence-corrected chi connectivity index (χ3v) is 0.998. The zero-order valence-corrected chi connectivity index (χ0v) is 9.68. The van der Waals surface area contributed by atoms with Crippen LogP contribution in [0.4, 0.5) is 0 Å². The summed E-state index contributed by atoms with van der Waals surface area (Å²) in [5.74, 6) is 0. The van der Waals surface area contributed by atoms with E-state index in [2.05, 4.69) is 26.6 Å². The molecule has 0 rings (SSSR count). The molecule has 0 atom stereocenters. The van der Waals surface area contributed by atoms with Crippen molar-refractivity contribution in [1.29, 1.82) is 0 Å². The molecule has 0 aromatic rings. The van der Waals surface area contributed by atoms with Gasteiger partial charge in [0.15, 0.2) is 0 Å². The van der Waals surface area contributed by atoms with Gasteiger partial charge in [-0.25, -0.2) is 5.11 Å². The van der Waals surface area contributed by atoms with Crippen molar-refractivity contribution in [3.05, 3.63) is 0 Å². The van der Waals surface area contributed by atoms with Crippen molar-refractivity contribution in [2.45, 2.75) is 52.2 Å². The van der Waals surface area contributed by atoms with Crippen LogP contribution in [0.2, 0.25) is 19.6 Å². The van der Waals surface area contributed by atoms with Crippen LogP contribution in [0, 0.1) is 0 Å². The minimum atomic E-state index is -0.139. The second kappa shape index (κ2) is 12.8. The van der Waals surface area contributed by atoms with Gasteiger partial charge in [0, 0.05) is 8.80 Å². The van der Waals surface area contributed by atoms with Gasteiger partial charge in [0.25, 0.3) is 0 Å². The smallest absolute Gasteiger partial charge is 0.0822 e. The number of hydrogen-bond donors (Lipinski definition) is 0. The third kappa shape index (κ3) is 39.0. The fourth-order valence-electron chi connectivity index (χ4n) is 0.529. The Balaban J connectivity index is 0. The van der Waals surface area contributed by atoms with Crippen molar-refractivity contribution in [1.82, 2.24) is 0 Å². The molecule has 11 heavy (non-hydrogen) atoms. The first kappa shape index (κ1) is 13.7. The number of unbranched alkanes of at least 4 members (excludes halogenated alkanes) is 3. The van der Waals surface area contributed by atoms with Gasteiger partial charge in [0.2, 0.25) is 0 Å². The largest absolute Gasteiger partial charge is 0.237 e. The molecule has 0 aliphatic carbocycles. The van der Waals surface area contributed by atoms with Crippen LogP contribution < -0.4 is 0 Å². The molecule has 0 N–H and O–H groups in total. The summed E-state index contributed by atoms with van der Waals surface area (Å²) in [6.45, 7) is 9.17. The van der Waals surface area contributed by atoms with E-state index in [9.17, 15) is 5.11 Å². The van der Waals surface area contributed by atoms with Crippen LogP contribution in [0.1, 0.15) is 32.6 Å². The van der Waals surface area contributed by atoms with Crippen molar-refractivity contribution in [2.75, 3.05) is 6.61 Å². The standard InChI is InChI=1S/C6H13O.C3H10Si/c1-2-3-4-5-6-7;1-4(2)3/h2-6H2,1H3;4H,1-3H3. The fraction of sp³-hybridized carbons (Fsp3) is 1.00. The highest BCUT2D eigenvalue weighted by atomic mass is 28.3. The van der Waals surface area contributed by atoms with E-state index >= 15 is 0 Å². The topological polar surface area (TPSA) is 19.9 Å². The predicted octanol–water partition coefficient (Wildman–Crippen LogP) is 3.10. The molecule has 0 aliphatic rings. The highest BCUT2D eigenvalue weighted by Crippen LogP contribution is 1.96. The molecule has 0 bridgehead atoms. The highest BCUT2D eigenvalue weighted by molar-refractivity contribution is 6.54. The Morgan fingerprint density at radius 3 is 1.73 bits per heavy atom. The summed E-state index contributed by atoms with van der Waals surface area (Å²) >= 11 is 0. The summed E-state index contributed by atoms with van der Waals surface area (Å²) in [6.07, 6.45) is 4.44. The van der Waals surface area contributed by atoms with Gasteiger partial charge in [0.05, 0.1) is 6.61 Å². The molecule has 2 heteroatoms. The molecular formula is C9H23OSi. The van der Waals surface area contributed by atoms with Gasteiger partial charge in [0.1, 0.15) is 0 Å². The Morgan fingerprint density at radius 2 is 1.45 bits per heavy atom. The highest BCUT2D eigenvalue weighted by Gasteiger charge is 1.82. The quantitative estimate of drug-likeness (QED) is 0.462. The van der Waals surface area contributed by atoms with Crippen LogP contribution in [0.15, 0.2) is 0 Å². The molecule has 0 amide bonds. The molecule has 0 saturated heterocycles. The Bertz CT molecular complexity index is 48.8. The van der Waals surface area contributed by atoms with Crippen molar-refractivity contribution in [3.63, 3.8) is 0 Å². The van der Waals surface area contributed by atoms with Gasteiger partial charge >= 0.3 is 0 Å². The van der Waals surface area contributed by atoms with E-state index in [4.69, 9.17) is 0 Å². The molecule has 0 aliphatic heterocycles. The molecular weight excluding hydrogens is 152 g/mol. The summed E-state index contributed by atoms with van der Waals surface area (Å²) < 4.78 is 0. The number of rotatable bonds is 4. The van der Waals surface area contributed by atoms with E-state index < -0.39 is 0 Å². The van der Waals surface area contributed by atoms with Crippen LogP contribution in [-0.4, -0.2) is 15.4 Å². The summed E-state index contributed by atoms with van der Waals surface area (Å²) in [5, 5.41) is 9.80. The fourth-order valence-corrected chi connectivity index (χ4v) is 0.529. The normalized spacial score (nSPS) is 9.27. The van der Waals surface area contributed by atoms with Gasteiger partial charge in [-0.2, -0.15) is 0 Å². The van der Waals surface area contributed by atoms with Gasteiger partial charge in [-0.3, -0.25) is 0 Å². The van der Waals surface area contributed by atoms with E-state index in [-0.39, 0.29) is 15.4 Å². The lowest BCUT2D eigenvalue weighted by Crippen LogP contribution is -1.84. The van der Waals surface area contributed by atoms with Crippen molar-refractivity contribution >= 4 is 8.80 Å². The first-order valence-electron chi connectivity index (χ1n) is 4.73. The Kier molecular flexibility index (Phi) is 16.0. The van der Waals surface area contributed by atoms with Gasteiger partial charge < -0.3 is 0 Å². The minimum Gasteiger partial charge on any atom is -0.237 e. The lowest BCUT2D eigenvalue weighted by atomic mass is 10.2. The maximum absolute atomic E-state index is 9.80. The van der Waals surface area contributed by atoms with Crippen LogP contribution in [0.25, 0.3) is 0 Å². The van der Waals surface area contributed by atoms with Gasteiger partial charge in [-0.15, -0.1) is 0 Å². The van der Waals surface area contributed by atoms with E-state index in [1.54, 1.807) is 0 Å². The first-order valence-corrected chi connectivity index (χ1v) is 8.19. The number of hydrogen-bond acceptors (Lipinski definition) is 0. The molecule has 0 fully saturated rings. The Labute approximate surface area is 73.4 Å².